The molecule has 1 heterocycles. The van der Waals surface area contributed by atoms with Crippen LogP contribution in [0.5, 0.6) is 0 Å². The summed E-state index contributed by atoms with van der Waals surface area (Å²) >= 11 is 0. The van der Waals surface area contributed by atoms with Crippen LogP contribution in [0.2, 0.25) is 0 Å². The van der Waals surface area contributed by atoms with Crippen molar-refractivity contribution in [1.82, 2.24) is 0 Å². The summed E-state index contributed by atoms with van der Waals surface area (Å²) in [5, 5.41) is 0. The van der Waals surface area contributed by atoms with Gasteiger partial charge in [0.1, 0.15) is 0 Å². The highest BCUT2D eigenvalue weighted by molar-refractivity contribution is 4.92. The number of terminal acetylenes is 1. The summed E-state index contributed by atoms with van der Waals surface area (Å²) in [6, 6.07) is 0.161. The van der Waals surface area contributed by atoms with Gasteiger partial charge in [-0.1, -0.05) is 6.92 Å². The fraction of sp³-hybridized carbons (Fsp3) is 0.800. The average molecular weight is 167 g/mol. The zero-order valence-electron chi connectivity index (χ0n) is 7.62. The molecule has 1 rings (SSSR count). The fourth-order valence-corrected chi connectivity index (χ4v) is 1.82. The third-order valence-corrected chi connectivity index (χ3v) is 2.61. The van der Waals surface area contributed by atoms with Gasteiger partial charge in [-0.2, -0.15) is 0 Å². The first-order valence-electron chi connectivity index (χ1n) is 4.52. The number of ether oxygens (including phenoxy) is 1. The highest BCUT2D eigenvalue weighted by Gasteiger charge is 2.26. The van der Waals surface area contributed by atoms with Gasteiger partial charge in [-0.05, 0) is 18.3 Å². The van der Waals surface area contributed by atoms with E-state index in [2.05, 4.69) is 12.8 Å². The normalized spacial score (nSPS) is 32.4. The van der Waals surface area contributed by atoms with E-state index in [0.717, 1.165) is 19.6 Å². The van der Waals surface area contributed by atoms with E-state index in [1.807, 2.05) is 0 Å². The molecule has 0 aromatic rings. The Morgan fingerprint density at radius 1 is 1.75 bits per heavy atom. The van der Waals surface area contributed by atoms with Crippen LogP contribution >= 0.6 is 0 Å². The molecule has 0 aliphatic carbocycles. The van der Waals surface area contributed by atoms with Crippen LogP contribution in [-0.2, 0) is 4.74 Å². The minimum atomic E-state index is 0.161. The quantitative estimate of drug-likeness (QED) is 0.623. The van der Waals surface area contributed by atoms with Crippen molar-refractivity contribution < 1.29 is 4.74 Å². The number of rotatable bonds is 2. The first-order chi connectivity index (χ1) is 5.75. The van der Waals surface area contributed by atoms with Crippen molar-refractivity contribution in [2.45, 2.75) is 25.8 Å². The smallest absolute Gasteiger partial charge is 0.0494 e. The summed E-state index contributed by atoms with van der Waals surface area (Å²) in [5.41, 5.74) is 5.95. The molecule has 0 saturated carbocycles. The second-order valence-electron chi connectivity index (χ2n) is 3.58. The van der Waals surface area contributed by atoms with Crippen molar-refractivity contribution in [1.29, 1.82) is 0 Å². The lowest BCUT2D eigenvalue weighted by molar-refractivity contribution is 0.0162. The Morgan fingerprint density at radius 3 is 3.08 bits per heavy atom. The van der Waals surface area contributed by atoms with Gasteiger partial charge in [0.15, 0.2) is 0 Å². The predicted octanol–water partition coefficient (Wildman–Crippen LogP) is 1.01. The zero-order chi connectivity index (χ0) is 8.97. The molecule has 68 valence electrons. The van der Waals surface area contributed by atoms with Gasteiger partial charge in [0.2, 0.25) is 0 Å². The molecule has 1 fully saturated rings. The van der Waals surface area contributed by atoms with Gasteiger partial charge in [-0.3, -0.25) is 0 Å². The molecule has 0 aromatic heterocycles. The summed E-state index contributed by atoms with van der Waals surface area (Å²) in [6.45, 7) is 3.86. The average Bonchev–Trinajstić information content (AvgIpc) is 2.05. The number of hydrogen-bond acceptors (Lipinski definition) is 2. The van der Waals surface area contributed by atoms with Crippen molar-refractivity contribution in [3.63, 3.8) is 0 Å². The van der Waals surface area contributed by atoms with Crippen LogP contribution < -0.4 is 5.73 Å². The van der Waals surface area contributed by atoms with E-state index in [0.29, 0.717) is 18.3 Å². The van der Waals surface area contributed by atoms with E-state index < -0.39 is 0 Å². The Labute approximate surface area is 74.5 Å². The summed E-state index contributed by atoms with van der Waals surface area (Å²) in [4.78, 5) is 0. The Hall–Kier alpha value is -0.520. The van der Waals surface area contributed by atoms with Gasteiger partial charge in [-0.15, -0.1) is 12.3 Å². The molecule has 0 radical (unpaired) electrons. The number of hydrogen-bond donors (Lipinski definition) is 1. The minimum Gasteiger partial charge on any atom is -0.381 e. The van der Waals surface area contributed by atoms with E-state index >= 15 is 0 Å². The lowest BCUT2D eigenvalue weighted by atomic mass is 9.83. The monoisotopic (exact) mass is 167 g/mol. The standard InChI is InChI=1S/C10H17NO/c1-3-4-10(11)9-5-6-12-7-8(9)2/h1,8-10H,4-7,11H2,2H3. The molecule has 3 unspecified atom stereocenters. The Kier molecular flexibility index (Phi) is 3.58. The number of nitrogens with two attached hydrogens (primary N) is 1. The predicted molar refractivity (Wildman–Crippen MR) is 49.5 cm³/mol. The topological polar surface area (TPSA) is 35.2 Å². The van der Waals surface area contributed by atoms with Gasteiger partial charge >= 0.3 is 0 Å². The SMILES string of the molecule is C#CCC(N)C1CCOCC1C. The lowest BCUT2D eigenvalue weighted by Gasteiger charge is -2.32. The molecule has 2 nitrogen and oxygen atoms in total. The molecule has 0 bridgehead atoms. The van der Waals surface area contributed by atoms with E-state index in [-0.39, 0.29) is 6.04 Å². The second kappa shape index (κ2) is 4.49. The second-order valence-corrected chi connectivity index (χ2v) is 3.58. The third kappa shape index (κ3) is 2.23. The third-order valence-electron chi connectivity index (χ3n) is 2.61. The van der Waals surface area contributed by atoms with Crippen molar-refractivity contribution in [3.05, 3.63) is 0 Å². The zero-order valence-corrected chi connectivity index (χ0v) is 7.62. The molecular formula is C10H17NO. The Morgan fingerprint density at radius 2 is 2.50 bits per heavy atom. The fourth-order valence-electron chi connectivity index (χ4n) is 1.82. The Bertz CT molecular complexity index is 173. The van der Waals surface area contributed by atoms with Crippen molar-refractivity contribution >= 4 is 0 Å². The van der Waals surface area contributed by atoms with Gasteiger partial charge < -0.3 is 10.5 Å². The molecule has 12 heavy (non-hydrogen) atoms. The maximum absolute atomic E-state index is 5.95. The molecule has 0 spiro atoms. The molecule has 2 heteroatoms. The molecule has 3 atom stereocenters. The summed E-state index contributed by atoms with van der Waals surface area (Å²) in [7, 11) is 0. The lowest BCUT2D eigenvalue weighted by Crippen LogP contribution is -2.39. The van der Waals surface area contributed by atoms with Gasteiger partial charge in [0.05, 0.1) is 0 Å². The van der Waals surface area contributed by atoms with E-state index in [4.69, 9.17) is 16.9 Å². The van der Waals surface area contributed by atoms with E-state index in [9.17, 15) is 0 Å². The van der Waals surface area contributed by atoms with Crippen LogP contribution in [-0.4, -0.2) is 19.3 Å². The summed E-state index contributed by atoms with van der Waals surface area (Å²) < 4.78 is 5.33. The van der Waals surface area contributed by atoms with Crippen molar-refractivity contribution in [3.8, 4) is 12.3 Å². The maximum Gasteiger partial charge on any atom is 0.0494 e. The van der Waals surface area contributed by atoms with E-state index in [1.165, 1.54) is 0 Å². The van der Waals surface area contributed by atoms with Crippen LogP contribution in [0.15, 0.2) is 0 Å². The molecule has 2 N–H and O–H groups in total. The van der Waals surface area contributed by atoms with E-state index in [1.54, 1.807) is 0 Å². The van der Waals surface area contributed by atoms with Gasteiger partial charge in [0, 0.05) is 25.7 Å². The highest BCUT2D eigenvalue weighted by atomic mass is 16.5. The van der Waals surface area contributed by atoms with Crippen LogP contribution in [0.3, 0.4) is 0 Å². The van der Waals surface area contributed by atoms with Gasteiger partial charge in [-0.25, -0.2) is 0 Å². The summed E-state index contributed by atoms with van der Waals surface area (Å²) in [6.07, 6.45) is 6.97. The van der Waals surface area contributed by atoms with Gasteiger partial charge in [0.25, 0.3) is 0 Å². The first kappa shape index (κ1) is 9.57. The first-order valence-corrected chi connectivity index (χ1v) is 4.52. The van der Waals surface area contributed by atoms with Crippen molar-refractivity contribution in [2.24, 2.45) is 17.6 Å². The largest absolute Gasteiger partial charge is 0.381 e. The molecule has 1 aliphatic rings. The molecular weight excluding hydrogens is 150 g/mol. The highest BCUT2D eigenvalue weighted by Crippen LogP contribution is 2.24. The Balaban J connectivity index is 2.43. The molecule has 0 aromatic carbocycles. The molecule has 1 aliphatic heterocycles. The molecule has 1 saturated heterocycles. The summed E-state index contributed by atoms with van der Waals surface area (Å²) in [5.74, 6) is 3.73. The van der Waals surface area contributed by atoms with Crippen LogP contribution in [0.25, 0.3) is 0 Å². The van der Waals surface area contributed by atoms with Crippen LogP contribution in [0, 0.1) is 24.2 Å². The maximum atomic E-state index is 5.95. The molecule has 0 amide bonds. The van der Waals surface area contributed by atoms with Crippen LogP contribution in [0.4, 0.5) is 0 Å². The van der Waals surface area contributed by atoms with Crippen LogP contribution in [0.1, 0.15) is 19.8 Å². The van der Waals surface area contributed by atoms with Crippen molar-refractivity contribution in [2.75, 3.05) is 13.2 Å². The minimum absolute atomic E-state index is 0.161.